The molecule has 3 rings (SSSR count). The van der Waals surface area contributed by atoms with Crippen LogP contribution in [0.2, 0.25) is 0 Å². The highest BCUT2D eigenvalue weighted by atomic mass is 14.3. The van der Waals surface area contributed by atoms with Crippen LogP contribution in [0.5, 0.6) is 0 Å². The van der Waals surface area contributed by atoms with E-state index in [9.17, 15) is 0 Å². The lowest BCUT2D eigenvalue weighted by Gasteiger charge is -2.27. The number of allylic oxidation sites excluding steroid dienone is 5. The summed E-state index contributed by atoms with van der Waals surface area (Å²) in [7, 11) is 0. The van der Waals surface area contributed by atoms with Crippen LogP contribution in [0.25, 0.3) is 11.1 Å². The molecule has 22 heavy (non-hydrogen) atoms. The molecule has 0 heterocycles. The third-order valence-electron chi connectivity index (χ3n) is 4.10. The summed E-state index contributed by atoms with van der Waals surface area (Å²) in [6.45, 7) is 7.80. The summed E-state index contributed by atoms with van der Waals surface area (Å²) in [4.78, 5) is 0. The van der Waals surface area contributed by atoms with Crippen LogP contribution < -0.4 is 0 Å². The van der Waals surface area contributed by atoms with Crippen molar-refractivity contribution in [3.05, 3.63) is 109 Å². The van der Waals surface area contributed by atoms with Crippen molar-refractivity contribution in [3.8, 4) is 0 Å². The molecule has 1 aliphatic rings. The zero-order chi connectivity index (χ0) is 15.4. The first-order valence-corrected chi connectivity index (χ1v) is 7.65. The highest BCUT2D eigenvalue weighted by molar-refractivity contribution is 5.92. The Morgan fingerprint density at radius 1 is 0.864 bits per heavy atom. The maximum Gasteiger partial charge on any atom is 0.00679 e. The monoisotopic (exact) mass is 284 g/mol. The minimum absolute atomic E-state index is 0.348. The van der Waals surface area contributed by atoms with Gasteiger partial charge in [0.05, 0.1) is 0 Å². The fourth-order valence-corrected chi connectivity index (χ4v) is 3.13. The molecule has 1 aliphatic carbocycles. The Balaban J connectivity index is 2.22. The van der Waals surface area contributed by atoms with Crippen molar-refractivity contribution in [2.75, 3.05) is 0 Å². The summed E-state index contributed by atoms with van der Waals surface area (Å²) in [6.07, 6.45) is 9.31. The van der Waals surface area contributed by atoms with Crippen molar-refractivity contribution in [2.24, 2.45) is 5.92 Å². The Morgan fingerprint density at radius 3 is 2.23 bits per heavy atom. The summed E-state index contributed by atoms with van der Waals surface area (Å²) in [5.74, 6) is 0.348. The van der Waals surface area contributed by atoms with Gasteiger partial charge >= 0.3 is 0 Å². The Labute approximate surface area is 132 Å². The molecule has 0 saturated carbocycles. The van der Waals surface area contributed by atoms with Crippen molar-refractivity contribution in [2.45, 2.75) is 6.42 Å². The van der Waals surface area contributed by atoms with Gasteiger partial charge in [0.2, 0.25) is 0 Å². The number of fused-ring (bicyclic) bond motifs is 1. The number of hydrogen-bond donors (Lipinski definition) is 0. The lowest BCUT2D eigenvalue weighted by molar-refractivity contribution is 0.849. The fourth-order valence-electron chi connectivity index (χ4n) is 3.13. The zero-order valence-corrected chi connectivity index (χ0v) is 12.7. The molecule has 0 aromatic heterocycles. The van der Waals surface area contributed by atoms with Gasteiger partial charge in [0.25, 0.3) is 0 Å². The molecule has 1 atom stereocenters. The number of benzene rings is 2. The molecule has 2 aromatic rings. The minimum atomic E-state index is 0.348. The van der Waals surface area contributed by atoms with Crippen LogP contribution in [-0.4, -0.2) is 0 Å². The molecule has 0 aliphatic heterocycles. The van der Waals surface area contributed by atoms with Gasteiger partial charge in [-0.1, -0.05) is 85.5 Å². The third-order valence-corrected chi connectivity index (χ3v) is 4.10. The lowest BCUT2D eigenvalue weighted by atomic mass is 9.77. The molecule has 0 fully saturated rings. The Bertz CT molecular complexity index is 745. The quantitative estimate of drug-likeness (QED) is 0.614. The van der Waals surface area contributed by atoms with Crippen LogP contribution in [0.4, 0.5) is 0 Å². The minimum Gasteiger partial charge on any atom is -0.103 e. The molecule has 0 heteroatoms. The van der Waals surface area contributed by atoms with E-state index in [4.69, 9.17) is 0 Å². The molecular weight excluding hydrogens is 264 g/mol. The van der Waals surface area contributed by atoms with Gasteiger partial charge in [-0.3, -0.25) is 0 Å². The second-order valence-electron chi connectivity index (χ2n) is 5.48. The van der Waals surface area contributed by atoms with E-state index in [0.717, 1.165) is 6.42 Å². The maximum atomic E-state index is 3.92. The fraction of sp³-hybridized carbons (Fsp3) is 0.0909. The van der Waals surface area contributed by atoms with Gasteiger partial charge in [0.15, 0.2) is 0 Å². The van der Waals surface area contributed by atoms with Crippen LogP contribution in [0.3, 0.4) is 0 Å². The molecular formula is C22H20. The van der Waals surface area contributed by atoms with Gasteiger partial charge in [0.1, 0.15) is 0 Å². The van der Waals surface area contributed by atoms with Gasteiger partial charge in [0, 0.05) is 5.92 Å². The zero-order valence-electron chi connectivity index (χ0n) is 12.7. The van der Waals surface area contributed by atoms with Gasteiger partial charge in [-0.05, 0) is 34.3 Å². The molecule has 0 nitrogen and oxygen atoms in total. The summed E-state index contributed by atoms with van der Waals surface area (Å²) in [5, 5.41) is 0. The lowest BCUT2D eigenvalue weighted by Crippen LogP contribution is -2.09. The van der Waals surface area contributed by atoms with Crippen LogP contribution in [0, 0.1) is 5.92 Å². The number of rotatable bonds is 4. The largest absolute Gasteiger partial charge is 0.103 e. The SMILES string of the molecule is C=C/C=C1/c2ccccc2C(c2ccccc2)=CC1CC=C. The molecule has 0 N–H and O–H groups in total. The third kappa shape index (κ3) is 2.60. The second-order valence-corrected chi connectivity index (χ2v) is 5.48. The molecule has 0 radical (unpaired) electrons. The topological polar surface area (TPSA) is 0 Å². The van der Waals surface area contributed by atoms with E-state index in [1.807, 2.05) is 12.2 Å². The average Bonchev–Trinajstić information content (AvgIpc) is 2.58. The highest BCUT2D eigenvalue weighted by Crippen LogP contribution is 2.41. The molecule has 2 aromatic carbocycles. The van der Waals surface area contributed by atoms with Gasteiger partial charge in [-0.25, -0.2) is 0 Å². The smallest absolute Gasteiger partial charge is 0.00679 e. The molecule has 0 bridgehead atoms. The summed E-state index contributed by atoms with van der Waals surface area (Å²) < 4.78 is 0. The van der Waals surface area contributed by atoms with Gasteiger partial charge in [-0.15, -0.1) is 6.58 Å². The standard InChI is InChI=1S/C22H20/c1-3-10-18-16-22(17-12-6-5-7-13-17)21-15-9-8-14-20(21)19(18)11-4-2/h3-9,11-16,18H,1-2,10H2/b19-11+. The van der Waals surface area contributed by atoms with Crippen molar-refractivity contribution < 1.29 is 0 Å². The van der Waals surface area contributed by atoms with Crippen LogP contribution in [-0.2, 0) is 0 Å². The first-order valence-electron chi connectivity index (χ1n) is 7.65. The van der Waals surface area contributed by atoms with Crippen LogP contribution >= 0.6 is 0 Å². The normalized spacial score (nSPS) is 18.5. The summed E-state index contributed by atoms with van der Waals surface area (Å²) in [6, 6.07) is 19.2. The average molecular weight is 284 g/mol. The van der Waals surface area contributed by atoms with Crippen molar-refractivity contribution >= 4 is 11.1 Å². The first kappa shape index (κ1) is 14.3. The van der Waals surface area contributed by atoms with E-state index in [2.05, 4.69) is 79.9 Å². The molecule has 1 unspecified atom stereocenters. The first-order chi connectivity index (χ1) is 10.8. The van der Waals surface area contributed by atoms with E-state index in [-0.39, 0.29) is 0 Å². The van der Waals surface area contributed by atoms with E-state index in [1.54, 1.807) is 0 Å². The summed E-state index contributed by atoms with van der Waals surface area (Å²) >= 11 is 0. The van der Waals surface area contributed by atoms with E-state index >= 15 is 0 Å². The van der Waals surface area contributed by atoms with Crippen molar-refractivity contribution in [1.82, 2.24) is 0 Å². The maximum absolute atomic E-state index is 3.92. The predicted octanol–water partition coefficient (Wildman–Crippen LogP) is 5.89. The van der Waals surface area contributed by atoms with E-state index in [0.29, 0.717) is 5.92 Å². The Kier molecular flexibility index (Phi) is 4.20. The molecule has 0 spiro atoms. The van der Waals surface area contributed by atoms with Crippen LogP contribution in [0.1, 0.15) is 23.1 Å². The Morgan fingerprint density at radius 2 is 1.55 bits per heavy atom. The predicted molar refractivity (Wildman–Crippen MR) is 96.4 cm³/mol. The number of hydrogen-bond acceptors (Lipinski definition) is 0. The molecule has 0 amide bonds. The highest BCUT2D eigenvalue weighted by Gasteiger charge is 2.23. The van der Waals surface area contributed by atoms with Gasteiger partial charge in [-0.2, -0.15) is 0 Å². The second kappa shape index (κ2) is 6.44. The summed E-state index contributed by atoms with van der Waals surface area (Å²) in [5.41, 5.74) is 6.49. The van der Waals surface area contributed by atoms with E-state index in [1.165, 1.54) is 27.8 Å². The van der Waals surface area contributed by atoms with Crippen molar-refractivity contribution in [1.29, 1.82) is 0 Å². The van der Waals surface area contributed by atoms with E-state index < -0.39 is 0 Å². The van der Waals surface area contributed by atoms with Gasteiger partial charge < -0.3 is 0 Å². The van der Waals surface area contributed by atoms with Crippen molar-refractivity contribution in [3.63, 3.8) is 0 Å². The Hall–Kier alpha value is -2.60. The molecule has 0 saturated heterocycles. The molecule has 108 valence electrons. The van der Waals surface area contributed by atoms with Crippen LogP contribution in [0.15, 0.2) is 92.1 Å².